The largest absolute Gasteiger partial charge is 0.508 e. The molecule has 4 aromatic carbocycles. The van der Waals surface area contributed by atoms with Crippen molar-refractivity contribution in [1.82, 2.24) is 29.4 Å². The zero-order chi connectivity index (χ0) is 51.0. The number of phenols is 2. The minimum Gasteiger partial charge on any atom is -0.508 e. The van der Waals surface area contributed by atoms with Gasteiger partial charge in [-0.2, -0.15) is 10.2 Å². The van der Waals surface area contributed by atoms with Gasteiger partial charge in [-0.3, -0.25) is 0 Å². The van der Waals surface area contributed by atoms with E-state index in [-0.39, 0.29) is 46.7 Å². The molecule has 2 amide bonds. The zero-order valence-corrected chi connectivity index (χ0v) is 43.6. The molecule has 6 aromatic rings. The molecule has 2 unspecified atom stereocenters. The van der Waals surface area contributed by atoms with Crippen molar-refractivity contribution in [3.63, 3.8) is 0 Å². The molecule has 384 valence electrons. The topological polar surface area (TPSA) is 188 Å². The molecule has 2 N–H and O–H groups in total. The fourth-order valence-corrected chi connectivity index (χ4v) is 12.9. The fraction of sp³-hybridized carbons (Fsp3) is 0.481. The molecule has 4 aliphatic heterocycles. The second kappa shape index (κ2) is 21.0. The number of hydrogen-bond acceptors (Lipinski definition) is 13. The van der Waals surface area contributed by atoms with Gasteiger partial charge in [0.25, 0.3) is 0 Å². The molecule has 2 aromatic heterocycles. The van der Waals surface area contributed by atoms with Crippen molar-refractivity contribution in [3.8, 4) is 33.8 Å². The van der Waals surface area contributed by atoms with E-state index in [1.807, 2.05) is 54.7 Å². The third kappa shape index (κ3) is 11.7. The number of hydrogen-bond donors (Lipinski definition) is 2. The Hall–Kier alpha value is -5.82. The molecular formula is C54H66N6O10S2. The number of carbonyl (C=O) groups is 2. The molecule has 16 nitrogen and oxygen atoms in total. The lowest BCUT2D eigenvalue weighted by molar-refractivity contribution is -0.0367. The van der Waals surface area contributed by atoms with Crippen LogP contribution in [0.1, 0.15) is 105 Å². The van der Waals surface area contributed by atoms with E-state index >= 15 is 0 Å². The summed E-state index contributed by atoms with van der Waals surface area (Å²) in [5.74, 6) is 0.379. The first-order valence-corrected chi connectivity index (χ1v) is 27.4. The maximum Gasteiger partial charge on any atom is 0.410 e. The SMILES string of the molecule is CC(C)(C)OC(=O)N1CC[C@H](S(=O)(=O)c2cc(-c3ccc(O)cc3)cc3c2cnn3C2CCCCO2)C1.CC(C)(C)OC(=O)N1CC[C@H](Sc2cc(-c3ccc(O)cc3)cc3c2cnn3C2CCCCO2)C1. The number of rotatable bonds is 8. The van der Waals surface area contributed by atoms with Crippen LogP contribution in [0.25, 0.3) is 44.1 Å². The molecule has 0 bridgehead atoms. The highest BCUT2D eigenvalue weighted by Gasteiger charge is 2.39. The smallest absolute Gasteiger partial charge is 0.410 e. The Bertz CT molecular complexity index is 3000. The normalized spacial score (nSPS) is 20.9. The molecule has 0 radical (unpaired) electrons. The van der Waals surface area contributed by atoms with Crippen molar-refractivity contribution >= 4 is 55.6 Å². The molecule has 72 heavy (non-hydrogen) atoms. The number of phenolic OH excluding ortho intramolecular Hbond substituents is 2. The third-order valence-electron chi connectivity index (χ3n) is 13.2. The van der Waals surface area contributed by atoms with Gasteiger partial charge in [-0.25, -0.2) is 27.4 Å². The minimum atomic E-state index is -3.82. The van der Waals surface area contributed by atoms with Crippen LogP contribution in [0.3, 0.4) is 0 Å². The van der Waals surface area contributed by atoms with Crippen LogP contribution in [0.4, 0.5) is 9.59 Å². The summed E-state index contributed by atoms with van der Waals surface area (Å²) >= 11 is 1.80. The Labute approximate surface area is 425 Å². The highest BCUT2D eigenvalue weighted by Crippen LogP contribution is 2.41. The first-order valence-electron chi connectivity index (χ1n) is 25.0. The first kappa shape index (κ1) is 51.1. The van der Waals surface area contributed by atoms with Crippen LogP contribution in [0.2, 0.25) is 0 Å². The highest BCUT2D eigenvalue weighted by molar-refractivity contribution is 8.00. The number of aromatic hydroxyl groups is 2. The average Bonchev–Trinajstić information content (AvgIpc) is 4.19. The van der Waals surface area contributed by atoms with Gasteiger partial charge in [-0.1, -0.05) is 24.3 Å². The van der Waals surface area contributed by atoms with E-state index in [1.165, 1.54) is 4.90 Å². The summed E-state index contributed by atoms with van der Waals surface area (Å²) < 4.78 is 54.9. The van der Waals surface area contributed by atoms with Crippen LogP contribution >= 0.6 is 11.8 Å². The van der Waals surface area contributed by atoms with Gasteiger partial charge in [-0.15, -0.1) is 11.8 Å². The molecule has 10 rings (SSSR count). The Morgan fingerprint density at radius 2 is 1.11 bits per heavy atom. The van der Waals surface area contributed by atoms with Gasteiger partial charge in [0.15, 0.2) is 22.3 Å². The van der Waals surface area contributed by atoms with Crippen molar-refractivity contribution in [3.05, 3.63) is 85.2 Å². The van der Waals surface area contributed by atoms with Crippen molar-refractivity contribution in [1.29, 1.82) is 0 Å². The lowest BCUT2D eigenvalue weighted by Crippen LogP contribution is -2.36. The van der Waals surface area contributed by atoms with Gasteiger partial charge in [-0.05, 0) is 164 Å². The Morgan fingerprint density at radius 3 is 1.62 bits per heavy atom. The van der Waals surface area contributed by atoms with Crippen LogP contribution in [0, 0.1) is 0 Å². The lowest BCUT2D eigenvalue weighted by Gasteiger charge is -2.24. The van der Waals surface area contributed by atoms with Crippen LogP contribution in [0.5, 0.6) is 11.5 Å². The zero-order valence-electron chi connectivity index (χ0n) is 42.0. The van der Waals surface area contributed by atoms with Crippen LogP contribution in [0.15, 0.2) is 95.0 Å². The predicted octanol–water partition coefficient (Wildman–Crippen LogP) is 11.1. The van der Waals surface area contributed by atoms with Gasteiger partial charge < -0.3 is 39.0 Å². The molecule has 6 heterocycles. The number of carbonyl (C=O) groups excluding carboxylic acids is 2. The molecule has 0 saturated carbocycles. The summed E-state index contributed by atoms with van der Waals surface area (Å²) in [5, 5.41) is 30.0. The van der Waals surface area contributed by atoms with Crippen molar-refractivity contribution < 1.29 is 47.2 Å². The quantitative estimate of drug-likeness (QED) is 0.147. The molecule has 4 aliphatic rings. The molecule has 0 aliphatic carbocycles. The van der Waals surface area contributed by atoms with Gasteiger partial charge >= 0.3 is 12.2 Å². The van der Waals surface area contributed by atoms with Crippen LogP contribution < -0.4 is 0 Å². The molecule has 4 fully saturated rings. The minimum absolute atomic E-state index is 0.0525. The predicted molar refractivity (Wildman–Crippen MR) is 277 cm³/mol. The number of thioether (sulfide) groups is 1. The Kier molecular flexibility index (Phi) is 14.9. The molecule has 4 atom stereocenters. The summed E-state index contributed by atoms with van der Waals surface area (Å²) in [6.45, 7) is 14.2. The second-order valence-electron chi connectivity index (χ2n) is 21.1. The summed E-state index contributed by atoms with van der Waals surface area (Å²) in [4.78, 5) is 29.8. The lowest BCUT2D eigenvalue weighted by atomic mass is 10.0. The number of ether oxygens (including phenoxy) is 4. The summed E-state index contributed by atoms with van der Waals surface area (Å²) in [6, 6.07) is 21.9. The van der Waals surface area contributed by atoms with E-state index in [4.69, 9.17) is 24.0 Å². The number of likely N-dealkylation sites (tertiary alicyclic amines) is 2. The van der Waals surface area contributed by atoms with E-state index in [1.54, 1.807) is 85.9 Å². The number of amides is 2. The number of fused-ring (bicyclic) bond motifs is 2. The summed E-state index contributed by atoms with van der Waals surface area (Å²) in [6.07, 6.45) is 9.70. The monoisotopic (exact) mass is 1020 g/mol. The number of benzene rings is 4. The van der Waals surface area contributed by atoms with Gasteiger partial charge in [0, 0.05) is 60.3 Å². The van der Waals surface area contributed by atoms with Gasteiger partial charge in [0.2, 0.25) is 0 Å². The second-order valence-corrected chi connectivity index (χ2v) is 24.6. The van der Waals surface area contributed by atoms with Crippen molar-refractivity contribution in [2.45, 2.75) is 137 Å². The maximum atomic E-state index is 14.0. The van der Waals surface area contributed by atoms with E-state index in [0.717, 1.165) is 84.0 Å². The highest BCUT2D eigenvalue weighted by atomic mass is 32.2. The Morgan fingerprint density at radius 1 is 0.625 bits per heavy atom. The molecule has 4 saturated heterocycles. The molecule has 18 heteroatoms. The summed E-state index contributed by atoms with van der Waals surface area (Å²) in [5.41, 5.74) is 4.15. The third-order valence-corrected chi connectivity index (χ3v) is 16.8. The van der Waals surface area contributed by atoms with Crippen molar-refractivity contribution in [2.75, 3.05) is 39.4 Å². The summed E-state index contributed by atoms with van der Waals surface area (Å²) in [7, 11) is -3.82. The van der Waals surface area contributed by atoms with E-state index in [2.05, 4.69) is 17.2 Å². The molecule has 0 spiro atoms. The van der Waals surface area contributed by atoms with E-state index < -0.39 is 32.4 Å². The van der Waals surface area contributed by atoms with E-state index in [0.29, 0.717) is 49.1 Å². The molecular weight excluding hydrogens is 957 g/mol. The van der Waals surface area contributed by atoms with Gasteiger partial charge in [0.05, 0.1) is 33.6 Å². The van der Waals surface area contributed by atoms with Crippen molar-refractivity contribution in [2.24, 2.45) is 0 Å². The first-order chi connectivity index (χ1) is 34.3. The average molecular weight is 1020 g/mol. The van der Waals surface area contributed by atoms with E-state index in [9.17, 15) is 28.2 Å². The van der Waals surface area contributed by atoms with Gasteiger partial charge in [0.1, 0.15) is 22.7 Å². The Balaban J connectivity index is 0.000000178. The van der Waals surface area contributed by atoms with Crippen LogP contribution in [-0.2, 0) is 28.8 Å². The fourth-order valence-electron chi connectivity index (χ4n) is 9.64. The number of aromatic nitrogens is 4. The number of sulfone groups is 1. The maximum absolute atomic E-state index is 14.0. The number of nitrogens with zero attached hydrogens (tertiary/aromatic N) is 6. The van der Waals surface area contributed by atoms with Crippen LogP contribution in [-0.4, -0.2) is 121 Å². The standard InChI is InChI=1S/C27H33N3O6S.C27H33N3O4S/c1-27(2,3)36-26(32)29-12-11-21(17-29)37(33,34)24-15-19(18-7-9-20(31)10-8-18)14-23-22(24)16-28-30(23)25-6-4-5-13-35-25;1-27(2,3)34-26(32)29-12-11-21(17-29)35-24-15-19(18-7-9-20(31)10-8-18)14-23-22(24)16-28-30(23)25-6-4-5-13-33-25/h7-10,14-16,21,25,31H,4-6,11-13,17H2,1-3H3;7-10,14-16,21,25,31H,4-6,11-13,17H2,1-3H3/t2*21-,25?/m00/s1.